The van der Waals surface area contributed by atoms with Gasteiger partial charge in [-0.05, 0) is 25.1 Å². The Labute approximate surface area is 111 Å². The van der Waals surface area contributed by atoms with E-state index in [1.165, 1.54) is 0 Å². The fourth-order valence-corrected chi connectivity index (χ4v) is 1.71. The Morgan fingerprint density at radius 1 is 1.47 bits per heavy atom. The average Bonchev–Trinajstić information content (AvgIpc) is 2.83. The molecule has 1 amide bonds. The van der Waals surface area contributed by atoms with Crippen molar-refractivity contribution in [1.29, 1.82) is 0 Å². The molecule has 0 fully saturated rings. The van der Waals surface area contributed by atoms with Gasteiger partial charge in [0.05, 0.1) is 0 Å². The smallest absolute Gasteiger partial charge is 0.296 e. The summed E-state index contributed by atoms with van der Waals surface area (Å²) in [5.41, 5.74) is 13.3. The Morgan fingerprint density at radius 2 is 2.21 bits per heavy atom. The largest absolute Gasteiger partial charge is 0.398 e. The fourth-order valence-electron chi connectivity index (χ4n) is 1.71. The molecule has 6 nitrogen and oxygen atoms in total. The minimum absolute atomic E-state index is 0.194. The summed E-state index contributed by atoms with van der Waals surface area (Å²) in [7, 11) is 1.77. The molecule has 0 saturated carbocycles. The molecular formula is C13H17N5O. The SMILES string of the molecule is CCN(C)C(N)=NC(=O)c1cc2c(N)cccc2[nH]1. The van der Waals surface area contributed by atoms with Crippen molar-refractivity contribution in [2.75, 3.05) is 19.3 Å². The van der Waals surface area contributed by atoms with Gasteiger partial charge in [-0.15, -0.1) is 0 Å². The number of aliphatic imine (C=N–C) groups is 1. The maximum atomic E-state index is 12.0. The van der Waals surface area contributed by atoms with Crippen LogP contribution in [0.15, 0.2) is 29.3 Å². The van der Waals surface area contributed by atoms with E-state index >= 15 is 0 Å². The zero-order valence-corrected chi connectivity index (χ0v) is 11.0. The molecule has 0 bridgehead atoms. The van der Waals surface area contributed by atoms with Gasteiger partial charge in [0, 0.05) is 30.2 Å². The zero-order valence-electron chi connectivity index (χ0n) is 11.0. The highest BCUT2D eigenvalue weighted by Crippen LogP contribution is 2.21. The first-order valence-electron chi connectivity index (χ1n) is 5.99. The molecule has 6 heteroatoms. The van der Waals surface area contributed by atoms with Crippen LogP contribution in [0.2, 0.25) is 0 Å². The average molecular weight is 259 g/mol. The number of fused-ring (bicyclic) bond motifs is 1. The predicted molar refractivity (Wildman–Crippen MR) is 77.0 cm³/mol. The number of benzene rings is 1. The van der Waals surface area contributed by atoms with E-state index in [2.05, 4.69) is 9.98 Å². The van der Waals surface area contributed by atoms with E-state index in [0.717, 1.165) is 10.9 Å². The van der Waals surface area contributed by atoms with E-state index in [-0.39, 0.29) is 5.96 Å². The number of nitrogen functional groups attached to an aromatic ring is 1. The Morgan fingerprint density at radius 3 is 2.84 bits per heavy atom. The summed E-state index contributed by atoms with van der Waals surface area (Å²) in [6, 6.07) is 7.15. The second-order valence-corrected chi connectivity index (χ2v) is 4.28. The highest BCUT2D eigenvalue weighted by Gasteiger charge is 2.11. The number of nitrogens with two attached hydrogens (primary N) is 2. The quantitative estimate of drug-likeness (QED) is 0.428. The summed E-state index contributed by atoms with van der Waals surface area (Å²) in [6.45, 7) is 2.61. The minimum Gasteiger partial charge on any atom is -0.398 e. The number of rotatable bonds is 2. The molecule has 100 valence electrons. The second-order valence-electron chi connectivity index (χ2n) is 4.28. The predicted octanol–water partition coefficient (Wildman–Crippen LogP) is 1.16. The summed E-state index contributed by atoms with van der Waals surface area (Å²) < 4.78 is 0. The van der Waals surface area contributed by atoms with Crippen LogP contribution in [0, 0.1) is 0 Å². The van der Waals surface area contributed by atoms with Crippen molar-refractivity contribution in [2.24, 2.45) is 10.7 Å². The molecule has 0 aliphatic rings. The van der Waals surface area contributed by atoms with Gasteiger partial charge in [0.1, 0.15) is 5.69 Å². The number of aromatic nitrogens is 1. The van der Waals surface area contributed by atoms with Crippen LogP contribution in [-0.2, 0) is 0 Å². The Bertz CT molecular complexity index is 644. The van der Waals surface area contributed by atoms with Crippen LogP contribution in [0.25, 0.3) is 10.9 Å². The Kier molecular flexibility index (Phi) is 3.41. The minimum atomic E-state index is -0.409. The van der Waals surface area contributed by atoms with E-state index in [9.17, 15) is 4.79 Å². The van der Waals surface area contributed by atoms with Crippen molar-refractivity contribution in [3.8, 4) is 0 Å². The highest BCUT2D eigenvalue weighted by atomic mass is 16.1. The number of carbonyl (C=O) groups excluding carboxylic acids is 1. The lowest BCUT2D eigenvalue weighted by Gasteiger charge is -2.13. The van der Waals surface area contributed by atoms with Gasteiger partial charge in [-0.2, -0.15) is 4.99 Å². The van der Waals surface area contributed by atoms with Gasteiger partial charge in [0.15, 0.2) is 5.96 Å². The van der Waals surface area contributed by atoms with Crippen LogP contribution in [0.5, 0.6) is 0 Å². The Hall–Kier alpha value is -2.50. The maximum Gasteiger partial charge on any atom is 0.296 e. The summed E-state index contributed by atoms with van der Waals surface area (Å²) >= 11 is 0. The summed E-state index contributed by atoms with van der Waals surface area (Å²) in [4.78, 5) is 20.5. The van der Waals surface area contributed by atoms with Crippen molar-refractivity contribution in [3.05, 3.63) is 30.0 Å². The highest BCUT2D eigenvalue weighted by molar-refractivity contribution is 6.05. The maximum absolute atomic E-state index is 12.0. The number of H-pyrrole nitrogens is 1. The van der Waals surface area contributed by atoms with Gasteiger partial charge in [0.2, 0.25) is 0 Å². The molecule has 0 spiro atoms. The van der Waals surface area contributed by atoms with E-state index < -0.39 is 5.91 Å². The van der Waals surface area contributed by atoms with Crippen molar-refractivity contribution < 1.29 is 4.79 Å². The first-order chi connectivity index (χ1) is 9.02. The third-order valence-corrected chi connectivity index (χ3v) is 3.01. The molecule has 0 unspecified atom stereocenters. The van der Waals surface area contributed by atoms with E-state index in [4.69, 9.17) is 11.5 Å². The zero-order chi connectivity index (χ0) is 14.0. The van der Waals surface area contributed by atoms with E-state index in [0.29, 0.717) is 17.9 Å². The van der Waals surface area contributed by atoms with Gasteiger partial charge < -0.3 is 21.4 Å². The normalized spacial score (nSPS) is 11.8. The van der Waals surface area contributed by atoms with Gasteiger partial charge in [-0.25, -0.2) is 0 Å². The van der Waals surface area contributed by atoms with Crippen LogP contribution in [-0.4, -0.2) is 35.3 Å². The number of guanidine groups is 1. The third kappa shape index (κ3) is 2.52. The van der Waals surface area contributed by atoms with Crippen LogP contribution in [0.4, 0.5) is 5.69 Å². The molecule has 19 heavy (non-hydrogen) atoms. The molecule has 0 radical (unpaired) electrons. The van der Waals surface area contributed by atoms with Crippen LogP contribution in [0.3, 0.4) is 0 Å². The topological polar surface area (TPSA) is 100 Å². The molecule has 1 aromatic carbocycles. The van der Waals surface area contributed by atoms with Crippen molar-refractivity contribution in [1.82, 2.24) is 9.88 Å². The molecule has 0 saturated heterocycles. The van der Waals surface area contributed by atoms with Crippen molar-refractivity contribution in [2.45, 2.75) is 6.92 Å². The number of hydrogen-bond acceptors (Lipinski definition) is 2. The van der Waals surface area contributed by atoms with Gasteiger partial charge in [0.25, 0.3) is 5.91 Å². The third-order valence-electron chi connectivity index (χ3n) is 3.01. The molecule has 2 aromatic rings. The molecule has 0 aliphatic heterocycles. The summed E-state index contributed by atoms with van der Waals surface area (Å²) in [6.07, 6.45) is 0. The molecule has 5 N–H and O–H groups in total. The van der Waals surface area contributed by atoms with E-state index in [1.54, 1.807) is 24.1 Å². The number of carbonyl (C=O) groups is 1. The first kappa shape index (κ1) is 12.9. The number of amides is 1. The fraction of sp³-hybridized carbons (Fsp3) is 0.231. The second kappa shape index (κ2) is 5.01. The first-order valence-corrected chi connectivity index (χ1v) is 5.99. The van der Waals surface area contributed by atoms with Crippen molar-refractivity contribution >= 4 is 28.5 Å². The van der Waals surface area contributed by atoms with Gasteiger partial charge >= 0.3 is 0 Å². The molecule has 1 aromatic heterocycles. The monoisotopic (exact) mass is 259 g/mol. The molecule has 0 aliphatic carbocycles. The number of hydrogen-bond donors (Lipinski definition) is 3. The summed E-state index contributed by atoms with van der Waals surface area (Å²) in [5, 5.41) is 0.809. The molecule has 0 atom stereocenters. The van der Waals surface area contributed by atoms with Crippen LogP contribution < -0.4 is 11.5 Å². The number of aromatic amines is 1. The standard InChI is InChI=1S/C13H17N5O/c1-3-18(2)13(15)17-12(19)11-7-8-9(14)5-4-6-10(8)16-11/h4-7,16H,3,14H2,1-2H3,(H2,15,17,19). The van der Waals surface area contributed by atoms with Gasteiger partial charge in [-0.1, -0.05) is 6.07 Å². The van der Waals surface area contributed by atoms with Crippen molar-refractivity contribution in [3.63, 3.8) is 0 Å². The molecular weight excluding hydrogens is 242 g/mol. The molecule has 2 rings (SSSR count). The number of nitrogens with one attached hydrogen (secondary N) is 1. The Balaban J connectivity index is 2.35. The summed E-state index contributed by atoms with van der Waals surface area (Å²) in [5.74, 6) is -0.215. The van der Waals surface area contributed by atoms with Crippen LogP contribution >= 0.6 is 0 Å². The van der Waals surface area contributed by atoms with E-state index in [1.807, 2.05) is 19.1 Å². The number of nitrogens with zero attached hydrogens (tertiary/aromatic N) is 2. The van der Waals surface area contributed by atoms with Crippen LogP contribution in [0.1, 0.15) is 17.4 Å². The lowest BCUT2D eigenvalue weighted by atomic mass is 10.2. The lowest BCUT2D eigenvalue weighted by molar-refractivity contribution is 0.0997. The molecule has 1 heterocycles. The van der Waals surface area contributed by atoms with Gasteiger partial charge in [-0.3, -0.25) is 4.79 Å². The lowest BCUT2D eigenvalue weighted by Crippen LogP contribution is -2.34. The number of anilines is 1.